The molecule has 0 amide bonds. The second-order valence-electron chi connectivity index (χ2n) is 4.77. The maximum Gasteiger partial charge on any atom is 0.273 e. The fourth-order valence-electron chi connectivity index (χ4n) is 1.90. The lowest BCUT2D eigenvalue weighted by Crippen LogP contribution is -2.10. The summed E-state index contributed by atoms with van der Waals surface area (Å²) in [6.45, 7) is 1.74. The van der Waals surface area contributed by atoms with Crippen molar-refractivity contribution in [3.05, 3.63) is 69.3 Å². The van der Waals surface area contributed by atoms with E-state index in [1.807, 2.05) is 6.07 Å². The fourth-order valence-corrected chi connectivity index (χ4v) is 1.90. The predicted molar refractivity (Wildman–Crippen MR) is 79.4 cm³/mol. The SMILES string of the molecule is Cc1ccc([N+](=O)[O-])cc1OCC(O)c1ccc(C#N)cc1. The summed E-state index contributed by atoms with van der Waals surface area (Å²) < 4.78 is 5.48. The van der Waals surface area contributed by atoms with Gasteiger partial charge in [-0.15, -0.1) is 0 Å². The van der Waals surface area contributed by atoms with Gasteiger partial charge in [0.15, 0.2) is 0 Å². The maximum absolute atomic E-state index is 10.8. The van der Waals surface area contributed by atoms with E-state index in [1.54, 1.807) is 37.3 Å². The van der Waals surface area contributed by atoms with Gasteiger partial charge < -0.3 is 9.84 Å². The molecule has 0 aliphatic rings. The van der Waals surface area contributed by atoms with E-state index in [2.05, 4.69) is 0 Å². The van der Waals surface area contributed by atoms with Crippen LogP contribution in [0.15, 0.2) is 42.5 Å². The summed E-state index contributed by atoms with van der Waals surface area (Å²) in [7, 11) is 0. The van der Waals surface area contributed by atoms with Crippen LogP contribution in [0.2, 0.25) is 0 Å². The molecule has 0 fully saturated rings. The number of aliphatic hydroxyl groups is 1. The number of aliphatic hydroxyl groups excluding tert-OH is 1. The number of aryl methyl sites for hydroxylation is 1. The number of nitro benzene ring substituents is 1. The third kappa shape index (κ3) is 3.59. The lowest BCUT2D eigenvalue weighted by Gasteiger charge is -2.14. The highest BCUT2D eigenvalue weighted by atomic mass is 16.6. The van der Waals surface area contributed by atoms with Gasteiger partial charge in [0.1, 0.15) is 18.5 Å². The van der Waals surface area contributed by atoms with Crippen LogP contribution in [0.3, 0.4) is 0 Å². The number of benzene rings is 2. The molecular formula is C16H14N2O4. The number of nitrogens with zero attached hydrogens (tertiary/aromatic N) is 2. The summed E-state index contributed by atoms with van der Waals surface area (Å²) in [6.07, 6.45) is -0.883. The van der Waals surface area contributed by atoms with Crippen molar-refractivity contribution in [2.45, 2.75) is 13.0 Å². The van der Waals surface area contributed by atoms with Crippen LogP contribution in [0.25, 0.3) is 0 Å². The number of hydrogen-bond acceptors (Lipinski definition) is 5. The second kappa shape index (κ2) is 6.70. The largest absolute Gasteiger partial charge is 0.490 e. The first kappa shape index (κ1) is 15.5. The van der Waals surface area contributed by atoms with Crippen molar-refractivity contribution in [2.75, 3.05) is 6.61 Å². The van der Waals surface area contributed by atoms with Crippen LogP contribution in [-0.4, -0.2) is 16.6 Å². The average molecular weight is 298 g/mol. The standard InChI is InChI=1S/C16H14N2O4/c1-11-2-7-14(18(20)21)8-16(11)22-10-15(19)13-5-3-12(9-17)4-6-13/h2-8,15,19H,10H2,1H3. The Hall–Kier alpha value is -2.91. The number of nitro groups is 1. The van der Waals surface area contributed by atoms with E-state index < -0.39 is 11.0 Å². The Balaban J connectivity index is 2.07. The third-order valence-electron chi connectivity index (χ3n) is 3.20. The van der Waals surface area contributed by atoms with Gasteiger partial charge in [0, 0.05) is 6.07 Å². The Morgan fingerprint density at radius 3 is 2.59 bits per heavy atom. The molecule has 0 aliphatic heterocycles. The summed E-state index contributed by atoms with van der Waals surface area (Å²) >= 11 is 0. The second-order valence-corrected chi connectivity index (χ2v) is 4.77. The van der Waals surface area contributed by atoms with Gasteiger partial charge in [0.05, 0.1) is 22.6 Å². The minimum atomic E-state index is -0.883. The van der Waals surface area contributed by atoms with Crippen LogP contribution in [0.5, 0.6) is 5.75 Å². The number of nitriles is 1. The molecule has 0 aromatic heterocycles. The number of rotatable bonds is 5. The van der Waals surface area contributed by atoms with Gasteiger partial charge in [-0.2, -0.15) is 5.26 Å². The van der Waals surface area contributed by atoms with Crippen LogP contribution >= 0.6 is 0 Å². The van der Waals surface area contributed by atoms with Gasteiger partial charge in [-0.3, -0.25) is 10.1 Å². The lowest BCUT2D eigenvalue weighted by atomic mass is 10.1. The fraction of sp³-hybridized carbons (Fsp3) is 0.188. The summed E-state index contributed by atoms with van der Waals surface area (Å²) in [5.41, 5.74) is 1.81. The zero-order chi connectivity index (χ0) is 16.1. The summed E-state index contributed by atoms with van der Waals surface area (Å²) in [5.74, 6) is 0.363. The molecule has 6 heteroatoms. The Morgan fingerprint density at radius 1 is 1.32 bits per heavy atom. The van der Waals surface area contributed by atoms with Gasteiger partial charge >= 0.3 is 0 Å². The number of ether oxygens (including phenoxy) is 1. The zero-order valence-electron chi connectivity index (χ0n) is 11.9. The third-order valence-corrected chi connectivity index (χ3v) is 3.20. The van der Waals surface area contributed by atoms with Crippen LogP contribution in [0.1, 0.15) is 22.8 Å². The maximum atomic E-state index is 10.8. The van der Waals surface area contributed by atoms with Gasteiger partial charge in [-0.1, -0.05) is 12.1 Å². The molecule has 1 atom stereocenters. The molecular weight excluding hydrogens is 284 g/mol. The minimum absolute atomic E-state index is 0.0338. The van der Waals surface area contributed by atoms with E-state index in [4.69, 9.17) is 10.00 Å². The van der Waals surface area contributed by atoms with Crippen molar-refractivity contribution in [1.29, 1.82) is 5.26 Å². The highest BCUT2D eigenvalue weighted by Gasteiger charge is 2.13. The molecule has 0 bridgehead atoms. The van der Waals surface area contributed by atoms with Crippen LogP contribution in [0, 0.1) is 28.4 Å². The van der Waals surface area contributed by atoms with Crippen molar-refractivity contribution < 1.29 is 14.8 Å². The molecule has 6 nitrogen and oxygen atoms in total. The van der Waals surface area contributed by atoms with Crippen molar-refractivity contribution in [2.24, 2.45) is 0 Å². The lowest BCUT2D eigenvalue weighted by molar-refractivity contribution is -0.385. The van der Waals surface area contributed by atoms with Crippen molar-refractivity contribution in [1.82, 2.24) is 0 Å². The quantitative estimate of drug-likeness (QED) is 0.676. The van der Waals surface area contributed by atoms with Gasteiger partial charge in [-0.05, 0) is 36.2 Å². The topological polar surface area (TPSA) is 96.4 Å². The first-order chi connectivity index (χ1) is 10.5. The Kier molecular flexibility index (Phi) is 4.71. The highest BCUT2D eigenvalue weighted by Crippen LogP contribution is 2.25. The van der Waals surface area contributed by atoms with Gasteiger partial charge in [0.25, 0.3) is 5.69 Å². The molecule has 0 spiro atoms. The van der Waals surface area contributed by atoms with Crippen molar-refractivity contribution >= 4 is 5.69 Å². The Labute approximate surface area is 127 Å². The molecule has 0 radical (unpaired) electrons. The Bertz CT molecular complexity index is 720. The van der Waals surface area contributed by atoms with Crippen molar-refractivity contribution in [3.63, 3.8) is 0 Å². The zero-order valence-corrected chi connectivity index (χ0v) is 11.9. The number of hydrogen-bond donors (Lipinski definition) is 1. The first-order valence-corrected chi connectivity index (χ1v) is 6.57. The van der Waals surface area contributed by atoms with Crippen LogP contribution in [0.4, 0.5) is 5.69 Å². The van der Waals surface area contributed by atoms with E-state index >= 15 is 0 Å². The molecule has 0 saturated heterocycles. The van der Waals surface area contributed by atoms with E-state index in [-0.39, 0.29) is 12.3 Å². The summed E-state index contributed by atoms with van der Waals surface area (Å²) in [4.78, 5) is 10.3. The van der Waals surface area contributed by atoms with E-state index in [1.165, 1.54) is 12.1 Å². The molecule has 1 N–H and O–H groups in total. The molecule has 0 aliphatic carbocycles. The summed E-state index contributed by atoms with van der Waals surface area (Å²) in [6, 6.07) is 12.8. The van der Waals surface area contributed by atoms with Crippen LogP contribution in [-0.2, 0) is 0 Å². The van der Waals surface area contributed by atoms with E-state index in [0.29, 0.717) is 16.9 Å². The predicted octanol–water partition coefficient (Wildman–Crippen LogP) is 2.89. The average Bonchev–Trinajstić information content (AvgIpc) is 2.53. The normalized spacial score (nSPS) is 11.5. The first-order valence-electron chi connectivity index (χ1n) is 6.57. The highest BCUT2D eigenvalue weighted by molar-refractivity contribution is 5.43. The van der Waals surface area contributed by atoms with E-state index in [0.717, 1.165) is 5.56 Å². The summed E-state index contributed by atoms with van der Waals surface area (Å²) in [5, 5.41) is 29.6. The molecule has 0 saturated carbocycles. The van der Waals surface area contributed by atoms with Crippen molar-refractivity contribution in [3.8, 4) is 11.8 Å². The molecule has 2 rings (SSSR count). The minimum Gasteiger partial charge on any atom is -0.490 e. The molecule has 22 heavy (non-hydrogen) atoms. The smallest absolute Gasteiger partial charge is 0.273 e. The number of non-ortho nitro benzene ring substituents is 1. The molecule has 2 aromatic carbocycles. The van der Waals surface area contributed by atoms with E-state index in [9.17, 15) is 15.2 Å². The molecule has 2 aromatic rings. The van der Waals surface area contributed by atoms with Crippen LogP contribution < -0.4 is 4.74 Å². The van der Waals surface area contributed by atoms with Gasteiger partial charge in [-0.25, -0.2) is 0 Å². The monoisotopic (exact) mass is 298 g/mol. The molecule has 112 valence electrons. The molecule has 0 heterocycles. The Morgan fingerprint density at radius 2 is 2.00 bits per heavy atom. The molecule has 1 unspecified atom stereocenters. The van der Waals surface area contributed by atoms with Gasteiger partial charge in [0.2, 0.25) is 0 Å².